The number of halogens is 1. The molecule has 134 valence electrons. The zero-order chi connectivity index (χ0) is 18.8. The molecule has 2 aromatic heterocycles. The largest absolute Gasteiger partial charge is 0.296 e. The van der Waals surface area contributed by atoms with Crippen molar-refractivity contribution in [2.45, 2.75) is 6.92 Å². The summed E-state index contributed by atoms with van der Waals surface area (Å²) >= 11 is 1.36. The maximum absolute atomic E-state index is 13.1. The molecule has 0 atom stereocenters. The van der Waals surface area contributed by atoms with Gasteiger partial charge in [-0.2, -0.15) is 0 Å². The van der Waals surface area contributed by atoms with Gasteiger partial charge in [0.2, 0.25) is 0 Å². The van der Waals surface area contributed by atoms with Gasteiger partial charge < -0.3 is 0 Å². The van der Waals surface area contributed by atoms with Gasteiger partial charge in [-0.1, -0.05) is 29.8 Å². The molecule has 0 bridgehead atoms. The van der Waals surface area contributed by atoms with Crippen LogP contribution in [-0.2, 0) is 0 Å². The number of carbonyl (C=O) groups is 1. The smallest absolute Gasteiger partial charge is 0.276 e. The fourth-order valence-corrected chi connectivity index (χ4v) is 3.33. The summed E-state index contributed by atoms with van der Waals surface area (Å²) in [4.78, 5) is 21.2. The Balaban J connectivity index is 1.55. The Hall–Kier alpha value is -3.32. The van der Waals surface area contributed by atoms with E-state index in [9.17, 15) is 9.18 Å². The van der Waals surface area contributed by atoms with Crippen LogP contribution in [0.5, 0.6) is 0 Å². The fraction of sp³-hybridized carbons (Fsp3) is 0.0500. The van der Waals surface area contributed by atoms with Gasteiger partial charge in [0.1, 0.15) is 11.5 Å². The number of benzene rings is 2. The zero-order valence-electron chi connectivity index (χ0n) is 14.4. The summed E-state index contributed by atoms with van der Waals surface area (Å²) in [6.45, 7) is 2.03. The first-order valence-corrected chi connectivity index (χ1v) is 9.10. The van der Waals surface area contributed by atoms with Crippen LogP contribution < -0.4 is 5.32 Å². The summed E-state index contributed by atoms with van der Waals surface area (Å²) in [5, 5.41) is 5.20. The molecular weight excluding hydrogens is 363 g/mol. The minimum absolute atomic E-state index is 0.332. The highest BCUT2D eigenvalue weighted by Crippen LogP contribution is 2.25. The number of hydrogen-bond acceptors (Lipinski definition) is 4. The lowest BCUT2D eigenvalue weighted by Crippen LogP contribution is -2.16. The summed E-state index contributed by atoms with van der Waals surface area (Å²) in [7, 11) is 0. The summed E-state index contributed by atoms with van der Waals surface area (Å²) in [6.07, 6.45) is 2.98. The topological polar surface area (TPSA) is 59.8 Å². The van der Waals surface area contributed by atoms with E-state index in [2.05, 4.69) is 15.3 Å². The van der Waals surface area contributed by atoms with E-state index in [0.717, 1.165) is 11.3 Å². The molecule has 5 nitrogen and oxygen atoms in total. The van der Waals surface area contributed by atoms with E-state index in [-0.39, 0.29) is 11.7 Å². The van der Waals surface area contributed by atoms with Crippen LogP contribution >= 0.6 is 11.3 Å². The number of aryl methyl sites for hydroxylation is 1. The minimum Gasteiger partial charge on any atom is -0.296 e. The second-order valence-corrected chi connectivity index (χ2v) is 6.84. The number of nitrogens with zero attached hydrogens (tertiary/aromatic N) is 3. The predicted octanol–water partition coefficient (Wildman–Crippen LogP) is 4.70. The predicted molar refractivity (Wildman–Crippen MR) is 104 cm³/mol. The molecule has 0 fully saturated rings. The van der Waals surface area contributed by atoms with Crippen LogP contribution in [-0.4, -0.2) is 20.4 Å². The van der Waals surface area contributed by atoms with Crippen LogP contribution in [0.3, 0.4) is 0 Å². The lowest BCUT2D eigenvalue weighted by molar-refractivity contribution is 0.102. The molecular formula is C20H15FN4OS. The van der Waals surface area contributed by atoms with Crippen LogP contribution in [0.25, 0.3) is 16.9 Å². The lowest BCUT2D eigenvalue weighted by atomic mass is 10.1. The summed E-state index contributed by atoms with van der Waals surface area (Å²) in [6, 6.07) is 13.9. The van der Waals surface area contributed by atoms with Gasteiger partial charge in [-0.3, -0.25) is 14.7 Å². The quantitative estimate of drug-likeness (QED) is 0.560. The van der Waals surface area contributed by atoms with Crippen molar-refractivity contribution in [1.29, 1.82) is 0 Å². The SMILES string of the molecule is Cc1ccc(-c2csc(NC(=O)c3cncn3-c3ccc(F)cc3)n2)cc1. The van der Waals surface area contributed by atoms with Crippen molar-refractivity contribution < 1.29 is 9.18 Å². The van der Waals surface area contributed by atoms with Gasteiger partial charge in [0, 0.05) is 16.6 Å². The van der Waals surface area contributed by atoms with Crippen molar-refractivity contribution in [3.05, 3.63) is 83.5 Å². The molecule has 7 heteroatoms. The van der Waals surface area contributed by atoms with E-state index in [4.69, 9.17) is 0 Å². The molecule has 0 radical (unpaired) electrons. The molecule has 4 aromatic rings. The lowest BCUT2D eigenvalue weighted by Gasteiger charge is -2.07. The van der Waals surface area contributed by atoms with Crippen LogP contribution in [0.2, 0.25) is 0 Å². The Morgan fingerprint density at radius 3 is 2.59 bits per heavy atom. The molecule has 4 rings (SSSR count). The standard InChI is InChI=1S/C20H15FN4OS/c1-13-2-4-14(5-3-13)17-11-27-20(23-17)24-19(26)18-10-22-12-25(18)16-8-6-15(21)7-9-16/h2-12H,1H3,(H,23,24,26). The van der Waals surface area contributed by atoms with Crippen molar-refractivity contribution in [1.82, 2.24) is 14.5 Å². The van der Waals surface area contributed by atoms with E-state index in [1.165, 1.54) is 41.6 Å². The number of imidazole rings is 1. The summed E-state index contributed by atoms with van der Waals surface area (Å²) < 4.78 is 14.7. The van der Waals surface area contributed by atoms with Crippen molar-refractivity contribution in [2.75, 3.05) is 5.32 Å². The third-order valence-electron chi connectivity index (χ3n) is 4.05. The normalized spacial score (nSPS) is 10.7. The maximum atomic E-state index is 13.1. The number of thiazole rings is 1. The zero-order valence-corrected chi connectivity index (χ0v) is 15.2. The molecule has 0 aliphatic carbocycles. The highest BCUT2D eigenvalue weighted by Gasteiger charge is 2.15. The average Bonchev–Trinajstić information content (AvgIpc) is 3.33. The van der Waals surface area contributed by atoms with Crippen LogP contribution in [0.4, 0.5) is 9.52 Å². The summed E-state index contributed by atoms with van der Waals surface area (Å²) in [5.41, 5.74) is 3.97. The fourth-order valence-electron chi connectivity index (χ4n) is 2.62. The summed E-state index contributed by atoms with van der Waals surface area (Å²) in [5.74, 6) is -0.669. The minimum atomic E-state index is -0.337. The van der Waals surface area contributed by atoms with Gasteiger partial charge in [-0.05, 0) is 31.2 Å². The number of aromatic nitrogens is 3. The second-order valence-electron chi connectivity index (χ2n) is 5.98. The Bertz CT molecular complexity index is 1080. The molecule has 0 saturated heterocycles. The van der Waals surface area contributed by atoms with E-state index >= 15 is 0 Å². The third-order valence-corrected chi connectivity index (χ3v) is 4.81. The first-order chi connectivity index (χ1) is 13.1. The average molecular weight is 378 g/mol. The van der Waals surface area contributed by atoms with Gasteiger partial charge in [-0.15, -0.1) is 11.3 Å². The Morgan fingerprint density at radius 2 is 1.85 bits per heavy atom. The second kappa shape index (κ2) is 7.13. The number of nitrogens with one attached hydrogen (secondary N) is 1. The maximum Gasteiger partial charge on any atom is 0.276 e. The third kappa shape index (κ3) is 3.63. The number of carbonyl (C=O) groups excluding carboxylic acids is 1. The molecule has 0 spiro atoms. The van der Waals surface area contributed by atoms with Gasteiger partial charge in [0.15, 0.2) is 5.13 Å². The number of rotatable bonds is 4. The monoisotopic (exact) mass is 378 g/mol. The van der Waals surface area contributed by atoms with E-state index in [1.54, 1.807) is 16.7 Å². The van der Waals surface area contributed by atoms with Crippen molar-refractivity contribution >= 4 is 22.4 Å². The molecule has 1 N–H and O–H groups in total. The molecule has 0 saturated carbocycles. The first-order valence-electron chi connectivity index (χ1n) is 8.22. The van der Waals surface area contributed by atoms with E-state index in [1.807, 2.05) is 36.6 Å². The number of amides is 1. The molecule has 0 unspecified atom stereocenters. The van der Waals surface area contributed by atoms with Gasteiger partial charge in [-0.25, -0.2) is 14.4 Å². The molecule has 2 aromatic carbocycles. The highest BCUT2D eigenvalue weighted by molar-refractivity contribution is 7.14. The Kier molecular flexibility index (Phi) is 4.52. The van der Waals surface area contributed by atoms with Gasteiger partial charge >= 0.3 is 0 Å². The number of anilines is 1. The van der Waals surface area contributed by atoms with Crippen molar-refractivity contribution in [3.63, 3.8) is 0 Å². The number of hydrogen-bond donors (Lipinski definition) is 1. The van der Waals surface area contributed by atoms with E-state index in [0.29, 0.717) is 16.5 Å². The molecule has 0 aliphatic heterocycles. The van der Waals surface area contributed by atoms with Crippen LogP contribution in [0.15, 0.2) is 66.4 Å². The van der Waals surface area contributed by atoms with E-state index < -0.39 is 0 Å². The Labute approximate surface area is 159 Å². The first kappa shape index (κ1) is 17.1. The Morgan fingerprint density at radius 1 is 1.11 bits per heavy atom. The molecule has 2 heterocycles. The molecule has 27 heavy (non-hydrogen) atoms. The molecule has 1 amide bonds. The van der Waals surface area contributed by atoms with Crippen molar-refractivity contribution in [3.8, 4) is 16.9 Å². The molecule has 0 aliphatic rings. The van der Waals surface area contributed by atoms with Crippen LogP contribution in [0, 0.1) is 12.7 Å². The van der Waals surface area contributed by atoms with Gasteiger partial charge in [0.25, 0.3) is 5.91 Å². The van der Waals surface area contributed by atoms with Gasteiger partial charge in [0.05, 0.1) is 18.2 Å². The van der Waals surface area contributed by atoms with Crippen LogP contribution in [0.1, 0.15) is 16.1 Å². The van der Waals surface area contributed by atoms with Crippen molar-refractivity contribution in [2.24, 2.45) is 0 Å². The highest BCUT2D eigenvalue weighted by atomic mass is 32.1.